The Balaban J connectivity index is 4.58. The van der Waals surface area contributed by atoms with Crippen LogP contribution in [0.5, 0.6) is 0 Å². The number of ether oxygens (including phenoxy) is 1. The molecule has 0 spiro atoms. The zero-order valence-electron chi connectivity index (χ0n) is 39.1. The standard InChI is InChI=1S/C53H97NO5/c1-4-7-10-13-16-19-22-24-25-26-27-28-31-34-37-40-43-46-53(58)59-49(44-41-38-35-32-30-23-20-17-14-11-8-5-2)47-52(57)54-50(48-55)51(56)45-42-39-36-33-29-21-18-15-12-9-6-3/h8,11,17,20,24-25,30,32,49-51,55-56H,4-7,9-10,12-16,18-19,21-23,26-29,31,33-48H2,1-3H3,(H,54,57)/b11-8+,20-17+,25-24+,32-30+. The number of rotatable bonds is 45. The number of nitrogens with one attached hydrogen (secondary N) is 1. The van der Waals surface area contributed by atoms with Crippen LogP contribution in [0.2, 0.25) is 0 Å². The third-order valence-electron chi connectivity index (χ3n) is 11.4. The summed E-state index contributed by atoms with van der Waals surface area (Å²) in [7, 11) is 0. The van der Waals surface area contributed by atoms with E-state index < -0.39 is 18.2 Å². The first-order valence-electron chi connectivity index (χ1n) is 25.4. The molecule has 0 aromatic carbocycles. The van der Waals surface area contributed by atoms with Gasteiger partial charge in [0.05, 0.1) is 25.2 Å². The molecule has 0 aromatic rings. The molecular weight excluding hydrogens is 731 g/mol. The average Bonchev–Trinajstić information content (AvgIpc) is 3.23. The van der Waals surface area contributed by atoms with Gasteiger partial charge in [-0.3, -0.25) is 9.59 Å². The van der Waals surface area contributed by atoms with Crippen LogP contribution in [0.3, 0.4) is 0 Å². The molecule has 1 amide bonds. The number of hydrogen-bond acceptors (Lipinski definition) is 5. The first-order valence-corrected chi connectivity index (χ1v) is 25.4. The predicted octanol–water partition coefficient (Wildman–Crippen LogP) is 15.1. The van der Waals surface area contributed by atoms with Gasteiger partial charge in [-0.15, -0.1) is 0 Å². The lowest BCUT2D eigenvalue weighted by Gasteiger charge is -2.24. The molecule has 0 saturated heterocycles. The van der Waals surface area contributed by atoms with Gasteiger partial charge < -0.3 is 20.3 Å². The van der Waals surface area contributed by atoms with Gasteiger partial charge in [0.1, 0.15) is 6.10 Å². The maximum Gasteiger partial charge on any atom is 0.306 e. The highest BCUT2D eigenvalue weighted by Gasteiger charge is 2.24. The Labute approximate surface area is 366 Å². The monoisotopic (exact) mass is 828 g/mol. The Kier molecular flexibility index (Phi) is 45.1. The van der Waals surface area contributed by atoms with Gasteiger partial charge in [0.2, 0.25) is 5.91 Å². The zero-order chi connectivity index (χ0) is 43.1. The lowest BCUT2D eigenvalue weighted by Crippen LogP contribution is -2.46. The Bertz CT molecular complexity index is 1020. The van der Waals surface area contributed by atoms with E-state index in [0.717, 1.165) is 77.0 Å². The van der Waals surface area contributed by atoms with Crippen LogP contribution in [0.4, 0.5) is 0 Å². The largest absolute Gasteiger partial charge is 0.462 e. The summed E-state index contributed by atoms with van der Waals surface area (Å²) in [6, 6.07) is -0.713. The van der Waals surface area contributed by atoms with Crippen molar-refractivity contribution in [3.63, 3.8) is 0 Å². The van der Waals surface area contributed by atoms with Gasteiger partial charge in [0, 0.05) is 6.42 Å². The minimum atomic E-state index is -0.797. The van der Waals surface area contributed by atoms with E-state index in [4.69, 9.17) is 4.74 Å². The van der Waals surface area contributed by atoms with Gasteiger partial charge in [-0.2, -0.15) is 0 Å². The van der Waals surface area contributed by atoms with E-state index >= 15 is 0 Å². The summed E-state index contributed by atoms with van der Waals surface area (Å²) in [5, 5.41) is 23.7. The summed E-state index contributed by atoms with van der Waals surface area (Å²) in [5.41, 5.74) is 0. The molecule has 0 heterocycles. The van der Waals surface area contributed by atoms with E-state index in [1.807, 2.05) is 0 Å². The van der Waals surface area contributed by atoms with Crippen LogP contribution < -0.4 is 5.32 Å². The van der Waals surface area contributed by atoms with Crippen LogP contribution in [0.15, 0.2) is 48.6 Å². The first kappa shape index (κ1) is 56.8. The fourth-order valence-corrected chi connectivity index (χ4v) is 7.56. The number of carbonyl (C=O) groups excluding carboxylic acids is 2. The second-order valence-electron chi connectivity index (χ2n) is 17.2. The topological polar surface area (TPSA) is 95.9 Å². The SMILES string of the molecule is CC/C=C/C/C=C/C/C=C/CCCCC(CC(=O)NC(CO)C(O)CCCCCCCCCCCCC)OC(=O)CCCCCCCCC/C=C/CCCCCCCC. The molecule has 6 heteroatoms. The van der Waals surface area contributed by atoms with Crippen molar-refractivity contribution in [2.75, 3.05) is 6.61 Å². The fourth-order valence-electron chi connectivity index (χ4n) is 7.56. The van der Waals surface area contributed by atoms with Crippen LogP contribution in [-0.2, 0) is 14.3 Å². The number of esters is 1. The van der Waals surface area contributed by atoms with Gasteiger partial charge in [0.15, 0.2) is 0 Å². The number of unbranched alkanes of at least 4 members (excludes halogenated alkanes) is 25. The highest BCUT2D eigenvalue weighted by molar-refractivity contribution is 5.77. The number of carbonyl (C=O) groups is 2. The molecule has 0 aliphatic carbocycles. The van der Waals surface area contributed by atoms with Crippen molar-refractivity contribution < 1.29 is 24.5 Å². The smallest absolute Gasteiger partial charge is 0.306 e. The lowest BCUT2D eigenvalue weighted by atomic mass is 10.0. The molecule has 3 unspecified atom stereocenters. The van der Waals surface area contributed by atoms with Gasteiger partial charge in [-0.05, 0) is 83.5 Å². The molecule has 0 rings (SSSR count). The summed E-state index contributed by atoms with van der Waals surface area (Å²) in [5.74, 6) is -0.514. The van der Waals surface area contributed by atoms with Crippen molar-refractivity contribution in [1.82, 2.24) is 5.32 Å². The minimum absolute atomic E-state index is 0.0503. The van der Waals surface area contributed by atoms with Crippen LogP contribution >= 0.6 is 0 Å². The summed E-state index contributed by atoms with van der Waals surface area (Å²) in [4.78, 5) is 26.1. The van der Waals surface area contributed by atoms with Crippen molar-refractivity contribution in [2.45, 2.75) is 270 Å². The molecule has 0 aliphatic rings. The Morgan fingerprint density at radius 1 is 0.508 bits per heavy atom. The lowest BCUT2D eigenvalue weighted by molar-refractivity contribution is -0.151. The van der Waals surface area contributed by atoms with E-state index in [0.29, 0.717) is 19.3 Å². The zero-order valence-corrected chi connectivity index (χ0v) is 39.1. The van der Waals surface area contributed by atoms with Crippen molar-refractivity contribution in [3.05, 3.63) is 48.6 Å². The molecule has 0 aromatic heterocycles. The van der Waals surface area contributed by atoms with Gasteiger partial charge in [-0.1, -0.05) is 204 Å². The van der Waals surface area contributed by atoms with Crippen molar-refractivity contribution >= 4 is 11.9 Å². The van der Waals surface area contributed by atoms with Gasteiger partial charge >= 0.3 is 5.97 Å². The number of aliphatic hydroxyl groups excluding tert-OH is 2. The number of hydrogen-bond donors (Lipinski definition) is 3. The second-order valence-corrected chi connectivity index (χ2v) is 17.2. The first-order chi connectivity index (χ1) is 29.0. The molecular formula is C53H97NO5. The minimum Gasteiger partial charge on any atom is -0.462 e. The summed E-state index contributed by atoms with van der Waals surface area (Å²) >= 11 is 0. The fraction of sp³-hybridized carbons (Fsp3) is 0.811. The molecule has 344 valence electrons. The van der Waals surface area contributed by atoms with Crippen LogP contribution in [0, 0.1) is 0 Å². The average molecular weight is 828 g/mol. The highest BCUT2D eigenvalue weighted by atomic mass is 16.5. The van der Waals surface area contributed by atoms with E-state index in [-0.39, 0.29) is 24.9 Å². The maximum atomic E-state index is 13.2. The van der Waals surface area contributed by atoms with Gasteiger partial charge in [0.25, 0.3) is 0 Å². The van der Waals surface area contributed by atoms with Crippen molar-refractivity contribution in [3.8, 4) is 0 Å². The van der Waals surface area contributed by atoms with E-state index in [1.54, 1.807) is 0 Å². The van der Waals surface area contributed by atoms with E-state index in [1.165, 1.54) is 128 Å². The Morgan fingerprint density at radius 3 is 1.42 bits per heavy atom. The van der Waals surface area contributed by atoms with Crippen molar-refractivity contribution in [2.24, 2.45) is 0 Å². The van der Waals surface area contributed by atoms with Crippen LogP contribution in [-0.4, -0.2) is 46.9 Å². The molecule has 3 atom stereocenters. The van der Waals surface area contributed by atoms with E-state index in [2.05, 4.69) is 74.7 Å². The normalized spacial score (nSPS) is 13.6. The molecule has 59 heavy (non-hydrogen) atoms. The molecule has 0 saturated carbocycles. The molecule has 0 bridgehead atoms. The third-order valence-corrected chi connectivity index (χ3v) is 11.4. The molecule has 6 nitrogen and oxygen atoms in total. The van der Waals surface area contributed by atoms with E-state index in [9.17, 15) is 19.8 Å². The highest BCUT2D eigenvalue weighted by Crippen LogP contribution is 2.17. The predicted molar refractivity (Wildman–Crippen MR) is 255 cm³/mol. The number of aliphatic hydroxyl groups is 2. The summed E-state index contributed by atoms with van der Waals surface area (Å²) in [6.07, 6.45) is 56.0. The quantitative estimate of drug-likeness (QED) is 0.0323. The summed E-state index contributed by atoms with van der Waals surface area (Å²) in [6.45, 7) is 6.35. The number of amides is 1. The molecule has 3 N–H and O–H groups in total. The second kappa shape index (κ2) is 46.9. The Morgan fingerprint density at radius 2 is 0.915 bits per heavy atom. The molecule has 0 fully saturated rings. The molecule has 0 aliphatic heterocycles. The number of allylic oxidation sites excluding steroid dienone is 8. The Hall–Kier alpha value is -2.18. The van der Waals surface area contributed by atoms with Crippen LogP contribution in [0.1, 0.15) is 252 Å². The van der Waals surface area contributed by atoms with Crippen molar-refractivity contribution in [1.29, 1.82) is 0 Å². The molecule has 0 radical (unpaired) electrons. The third kappa shape index (κ3) is 42.3. The maximum absolute atomic E-state index is 13.2. The van der Waals surface area contributed by atoms with Gasteiger partial charge in [-0.25, -0.2) is 0 Å². The summed E-state index contributed by atoms with van der Waals surface area (Å²) < 4.78 is 5.91. The van der Waals surface area contributed by atoms with Crippen LogP contribution in [0.25, 0.3) is 0 Å².